The molecular weight excluding hydrogens is 289 g/mol. The molecule has 1 rings (SSSR count). The number of hydrogen-bond acceptors (Lipinski definition) is 4. The topological polar surface area (TPSA) is 53.4 Å². The van der Waals surface area contributed by atoms with Gasteiger partial charge in [0.25, 0.3) is 5.56 Å². The third-order valence-electron chi connectivity index (χ3n) is 2.11. The van der Waals surface area contributed by atoms with Crippen LogP contribution in [-0.2, 0) is 11.3 Å². The lowest BCUT2D eigenvalue weighted by Gasteiger charge is -2.09. The molecule has 0 amide bonds. The minimum Gasteiger partial charge on any atom is -0.489 e. The molecule has 0 aromatic carbocycles. The number of methoxy groups -OCH3 is 1. The molecule has 0 fully saturated rings. The number of alkyl halides is 3. The summed E-state index contributed by atoms with van der Waals surface area (Å²) in [6.07, 6.45) is -2.90. The maximum Gasteiger partial charge on any atom is 0.411 e. The molecule has 0 atom stereocenters. The van der Waals surface area contributed by atoms with Crippen LogP contribution >= 0.6 is 11.6 Å². The van der Waals surface area contributed by atoms with Gasteiger partial charge in [0.15, 0.2) is 5.15 Å². The van der Waals surface area contributed by atoms with Crippen LogP contribution < -0.4 is 10.3 Å². The van der Waals surface area contributed by atoms with Gasteiger partial charge in [-0.25, -0.2) is 4.98 Å². The van der Waals surface area contributed by atoms with Gasteiger partial charge in [0.1, 0.15) is 6.61 Å². The molecule has 0 unspecified atom stereocenters. The van der Waals surface area contributed by atoms with Crippen LogP contribution in [-0.4, -0.2) is 36.1 Å². The van der Waals surface area contributed by atoms with Crippen molar-refractivity contribution in [2.75, 3.05) is 20.3 Å². The van der Waals surface area contributed by atoms with E-state index in [0.29, 0.717) is 0 Å². The van der Waals surface area contributed by atoms with E-state index in [-0.39, 0.29) is 30.5 Å². The standard InChI is InChI=1S/C10H12ClF3N2O3/c1-18-7-8(11)15-6-16(9(7)17)3-2-4-19-5-10(12,13)14/h6H,2-5H2,1H3. The van der Waals surface area contributed by atoms with Crippen molar-refractivity contribution in [2.24, 2.45) is 0 Å². The molecule has 1 heterocycles. The van der Waals surface area contributed by atoms with Gasteiger partial charge >= 0.3 is 6.18 Å². The Kier molecular flexibility index (Phi) is 5.61. The molecule has 0 aliphatic heterocycles. The Morgan fingerprint density at radius 2 is 2.16 bits per heavy atom. The first-order valence-corrected chi connectivity index (χ1v) is 5.66. The van der Waals surface area contributed by atoms with Crippen molar-refractivity contribution in [3.05, 3.63) is 21.8 Å². The van der Waals surface area contributed by atoms with Crippen molar-refractivity contribution in [3.8, 4) is 5.75 Å². The zero-order chi connectivity index (χ0) is 14.5. The molecule has 0 aliphatic rings. The number of aryl methyl sites for hydroxylation is 1. The maximum absolute atomic E-state index is 11.8. The quantitative estimate of drug-likeness (QED) is 0.594. The number of ether oxygens (including phenoxy) is 2. The molecule has 19 heavy (non-hydrogen) atoms. The van der Waals surface area contributed by atoms with Crippen LogP contribution in [0.3, 0.4) is 0 Å². The summed E-state index contributed by atoms with van der Waals surface area (Å²) in [6.45, 7) is -1.25. The predicted octanol–water partition coefficient (Wildman–Crippen LogP) is 1.87. The Morgan fingerprint density at radius 1 is 1.47 bits per heavy atom. The molecule has 0 bridgehead atoms. The molecule has 9 heteroatoms. The summed E-state index contributed by atoms with van der Waals surface area (Å²) < 4.78 is 45.8. The van der Waals surface area contributed by atoms with Gasteiger partial charge in [0.2, 0.25) is 5.75 Å². The molecule has 108 valence electrons. The van der Waals surface area contributed by atoms with Crippen LogP contribution in [0.1, 0.15) is 6.42 Å². The lowest BCUT2D eigenvalue weighted by Crippen LogP contribution is -2.23. The van der Waals surface area contributed by atoms with Gasteiger partial charge in [-0.05, 0) is 6.42 Å². The molecule has 5 nitrogen and oxygen atoms in total. The Labute approximate surface area is 111 Å². The first-order valence-electron chi connectivity index (χ1n) is 5.28. The first kappa shape index (κ1) is 15.8. The van der Waals surface area contributed by atoms with Gasteiger partial charge in [-0.1, -0.05) is 11.6 Å². The highest BCUT2D eigenvalue weighted by Crippen LogP contribution is 2.15. The SMILES string of the molecule is COc1c(Cl)ncn(CCCOCC(F)(F)F)c1=O. The van der Waals surface area contributed by atoms with Crippen LogP contribution in [0, 0.1) is 0 Å². The largest absolute Gasteiger partial charge is 0.489 e. The first-order chi connectivity index (χ1) is 8.85. The normalized spacial score (nSPS) is 11.6. The average Bonchev–Trinajstić information content (AvgIpc) is 2.30. The lowest BCUT2D eigenvalue weighted by atomic mass is 10.4. The molecule has 0 aliphatic carbocycles. The van der Waals surface area contributed by atoms with Crippen LogP contribution in [0.15, 0.2) is 11.1 Å². The van der Waals surface area contributed by atoms with E-state index in [2.05, 4.69) is 9.72 Å². The van der Waals surface area contributed by atoms with E-state index in [0.717, 1.165) is 0 Å². The van der Waals surface area contributed by atoms with Crippen molar-refractivity contribution in [3.63, 3.8) is 0 Å². The summed E-state index contributed by atoms with van der Waals surface area (Å²) in [6, 6.07) is 0. The minimum atomic E-state index is -4.35. The van der Waals surface area contributed by atoms with Gasteiger partial charge in [-0.3, -0.25) is 9.36 Å². The fourth-order valence-electron chi connectivity index (χ4n) is 1.31. The lowest BCUT2D eigenvalue weighted by molar-refractivity contribution is -0.174. The van der Waals surface area contributed by atoms with Crippen molar-refractivity contribution >= 4 is 11.6 Å². The Bertz CT molecular complexity index is 476. The molecule has 1 aromatic rings. The zero-order valence-corrected chi connectivity index (χ0v) is 10.8. The summed E-state index contributed by atoms with van der Waals surface area (Å²) in [5, 5.41) is -0.0583. The van der Waals surface area contributed by atoms with Gasteiger partial charge in [0.05, 0.1) is 13.4 Å². The van der Waals surface area contributed by atoms with Crippen molar-refractivity contribution in [1.29, 1.82) is 0 Å². The van der Waals surface area contributed by atoms with Gasteiger partial charge in [-0.2, -0.15) is 13.2 Å². The smallest absolute Gasteiger partial charge is 0.411 e. The molecular formula is C10H12ClF3N2O3. The number of nitrogens with zero attached hydrogens (tertiary/aromatic N) is 2. The highest BCUT2D eigenvalue weighted by Gasteiger charge is 2.27. The molecule has 0 saturated heterocycles. The van der Waals surface area contributed by atoms with E-state index in [1.54, 1.807) is 0 Å². The van der Waals surface area contributed by atoms with Crippen LogP contribution in [0.5, 0.6) is 5.75 Å². The number of rotatable bonds is 6. The van der Waals surface area contributed by atoms with Gasteiger partial charge in [0, 0.05) is 13.2 Å². The molecule has 0 saturated carbocycles. The van der Waals surface area contributed by atoms with Crippen molar-refractivity contribution in [1.82, 2.24) is 9.55 Å². The average molecular weight is 301 g/mol. The summed E-state index contributed by atoms with van der Waals surface area (Å²) in [7, 11) is 1.28. The van der Waals surface area contributed by atoms with Crippen LogP contribution in [0.4, 0.5) is 13.2 Å². The molecule has 0 spiro atoms. The third-order valence-corrected chi connectivity index (χ3v) is 2.38. The van der Waals surface area contributed by atoms with E-state index in [1.165, 1.54) is 18.0 Å². The second kappa shape index (κ2) is 6.76. The summed E-state index contributed by atoms with van der Waals surface area (Å²) in [4.78, 5) is 15.5. The number of hydrogen-bond donors (Lipinski definition) is 0. The van der Waals surface area contributed by atoms with Gasteiger partial charge in [-0.15, -0.1) is 0 Å². The third kappa shape index (κ3) is 5.07. The predicted molar refractivity (Wildman–Crippen MR) is 61.6 cm³/mol. The van der Waals surface area contributed by atoms with E-state index in [1.807, 2.05) is 0 Å². The molecule has 0 radical (unpaired) electrons. The fourth-order valence-corrected chi connectivity index (χ4v) is 1.51. The highest BCUT2D eigenvalue weighted by atomic mass is 35.5. The minimum absolute atomic E-state index is 0.0583. The van der Waals surface area contributed by atoms with Crippen molar-refractivity contribution < 1.29 is 22.6 Å². The Balaban J connectivity index is 2.49. The molecule has 1 aromatic heterocycles. The second-order valence-corrected chi connectivity index (χ2v) is 3.95. The maximum atomic E-state index is 11.8. The molecule has 0 N–H and O–H groups in total. The number of halogens is 4. The van der Waals surface area contributed by atoms with Crippen molar-refractivity contribution in [2.45, 2.75) is 19.1 Å². The fraction of sp³-hybridized carbons (Fsp3) is 0.600. The van der Waals surface area contributed by atoms with Crippen LogP contribution in [0.2, 0.25) is 5.15 Å². The monoisotopic (exact) mass is 300 g/mol. The number of aromatic nitrogens is 2. The Hall–Kier alpha value is -1.28. The van der Waals surface area contributed by atoms with E-state index in [9.17, 15) is 18.0 Å². The summed E-state index contributed by atoms with van der Waals surface area (Å²) in [5.74, 6) is -0.0969. The Morgan fingerprint density at radius 3 is 2.74 bits per heavy atom. The van der Waals surface area contributed by atoms with E-state index in [4.69, 9.17) is 16.3 Å². The van der Waals surface area contributed by atoms with E-state index >= 15 is 0 Å². The van der Waals surface area contributed by atoms with Crippen LogP contribution in [0.25, 0.3) is 0 Å². The zero-order valence-electron chi connectivity index (χ0n) is 10.0. The van der Waals surface area contributed by atoms with E-state index < -0.39 is 18.3 Å². The highest BCUT2D eigenvalue weighted by molar-refractivity contribution is 6.30. The van der Waals surface area contributed by atoms with Gasteiger partial charge < -0.3 is 9.47 Å². The second-order valence-electron chi connectivity index (χ2n) is 3.59. The summed E-state index contributed by atoms with van der Waals surface area (Å²) in [5.41, 5.74) is -0.488. The summed E-state index contributed by atoms with van der Waals surface area (Å²) >= 11 is 5.64.